The van der Waals surface area contributed by atoms with Gasteiger partial charge in [0.15, 0.2) is 0 Å². The standard InChI is InChI=1S/C20H27N5O/c1-11-7-17(19-18(8-11)13(3)14(4)22-19)9-21-20(26)12(2)10-25-16(6)23-15(5)24-25/h7-8,12,22H,9-10H2,1-6H3,(H,21,26)/t12-/m1/s1. The highest BCUT2D eigenvalue weighted by molar-refractivity contribution is 5.88. The number of amides is 1. The van der Waals surface area contributed by atoms with Gasteiger partial charge in [0.1, 0.15) is 11.6 Å². The highest BCUT2D eigenvalue weighted by atomic mass is 16.1. The van der Waals surface area contributed by atoms with E-state index < -0.39 is 0 Å². The molecule has 0 spiro atoms. The summed E-state index contributed by atoms with van der Waals surface area (Å²) in [6.45, 7) is 13.0. The highest BCUT2D eigenvalue weighted by Crippen LogP contribution is 2.26. The lowest BCUT2D eigenvalue weighted by Gasteiger charge is -2.14. The summed E-state index contributed by atoms with van der Waals surface area (Å²) in [7, 11) is 0. The number of benzene rings is 1. The normalized spacial score (nSPS) is 12.5. The summed E-state index contributed by atoms with van der Waals surface area (Å²) in [5.74, 6) is 1.41. The molecular formula is C20H27N5O. The van der Waals surface area contributed by atoms with Crippen LogP contribution in [0.4, 0.5) is 0 Å². The second kappa shape index (κ2) is 6.94. The fourth-order valence-corrected chi connectivity index (χ4v) is 3.36. The van der Waals surface area contributed by atoms with Crippen molar-refractivity contribution in [1.29, 1.82) is 0 Å². The van der Waals surface area contributed by atoms with Gasteiger partial charge in [-0.2, -0.15) is 5.10 Å². The van der Waals surface area contributed by atoms with Crippen LogP contribution in [0.5, 0.6) is 0 Å². The fourth-order valence-electron chi connectivity index (χ4n) is 3.36. The maximum atomic E-state index is 12.5. The molecule has 0 bridgehead atoms. The number of H-pyrrole nitrogens is 1. The van der Waals surface area contributed by atoms with Crippen LogP contribution in [0.2, 0.25) is 0 Å². The van der Waals surface area contributed by atoms with Crippen molar-refractivity contribution >= 4 is 16.8 Å². The van der Waals surface area contributed by atoms with E-state index in [0.717, 1.165) is 22.7 Å². The Labute approximate surface area is 154 Å². The van der Waals surface area contributed by atoms with Gasteiger partial charge in [-0.15, -0.1) is 0 Å². The first-order valence-electron chi connectivity index (χ1n) is 9.00. The number of aromatic amines is 1. The molecule has 6 heteroatoms. The number of hydrogen-bond acceptors (Lipinski definition) is 3. The van der Waals surface area contributed by atoms with Crippen molar-refractivity contribution in [2.75, 3.05) is 0 Å². The largest absolute Gasteiger partial charge is 0.358 e. The van der Waals surface area contributed by atoms with Gasteiger partial charge < -0.3 is 10.3 Å². The highest BCUT2D eigenvalue weighted by Gasteiger charge is 2.17. The van der Waals surface area contributed by atoms with Crippen molar-refractivity contribution in [3.05, 3.63) is 46.2 Å². The maximum absolute atomic E-state index is 12.5. The minimum atomic E-state index is -0.179. The first-order chi connectivity index (χ1) is 12.3. The van der Waals surface area contributed by atoms with Crippen molar-refractivity contribution in [2.24, 2.45) is 5.92 Å². The molecule has 3 rings (SSSR count). The average molecular weight is 353 g/mol. The zero-order valence-corrected chi connectivity index (χ0v) is 16.4. The Balaban J connectivity index is 1.72. The molecule has 0 radical (unpaired) electrons. The van der Waals surface area contributed by atoms with Crippen molar-refractivity contribution in [2.45, 2.75) is 54.6 Å². The summed E-state index contributed by atoms with van der Waals surface area (Å²) >= 11 is 0. The number of nitrogens with one attached hydrogen (secondary N) is 2. The van der Waals surface area contributed by atoms with Gasteiger partial charge in [-0.25, -0.2) is 9.67 Å². The SMILES string of the molecule is Cc1cc(CNC(=O)[C@H](C)Cn2nc(C)nc2C)c2[nH]c(C)c(C)c2c1. The van der Waals surface area contributed by atoms with E-state index in [1.54, 1.807) is 4.68 Å². The van der Waals surface area contributed by atoms with E-state index in [1.807, 2.05) is 20.8 Å². The zero-order valence-electron chi connectivity index (χ0n) is 16.4. The van der Waals surface area contributed by atoms with Gasteiger partial charge in [0.25, 0.3) is 0 Å². The molecule has 138 valence electrons. The molecule has 0 aliphatic rings. The first-order valence-corrected chi connectivity index (χ1v) is 9.00. The van der Waals surface area contributed by atoms with Gasteiger partial charge >= 0.3 is 0 Å². The number of fused-ring (bicyclic) bond motifs is 1. The lowest BCUT2D eigenvalue weighted by atomic mass is 10.0. The molecular weight excluding hydrogens is 326 g/mol. The number of carbonyl (C=O) groups excluding carboxylic acids is 1. The van der Waals surface area contributed by atoms with Crippen LogP contribution < -0.4 is 5.32 Å². The van der Waals surface area contributed by atoms with Crippen LogP contribution in [-0.4, -0.2) is 25.7 Å². The summed E-state index contributed by atoms with van der Waals surface area (Å²) in [6.07, 6.45) is 0. The molecule has 2 aromatic heterocycles. The number of aromatic nitrogens is 4. The van der Waals surface area contributed by atoms with E-state index in [1.165, 1.54) is 22.2 Å². The Morgan fingerprint density at radius 1 is 1.23 bits per heavy atom. The number of hydrogen-bond donors (Lipinski definition) is 2. The monoisotopic (exact) mass is 353 g/mol. The quantitative estimate of drug-likeness (QED) is 0.739. The van der Waals surface area contributed by atoms with Gasteiger partial charge in [0, 0.05) is 17.6 Å². The minimum Gasteiger partial charge on any atom is -0.358 e. The molecule has 2 N–H and O–H groups in total. The van der Waals surface area contributed by atoms with Crippen LogP contribution in [0.15, 0.2) is 12.1 Å². The molecule has 0 unspecified atom stereocenters. The van der Waals surface area contributed by atoms with Gasteiger partial charge in [0.2, 0.25) is 5.91 Å². The summed E-state index contributed by atoms with van der Waals surface area (Å²) in [6, 6.07) is 4.32. The van der Waals surface area contributed by atoms with Crippen LogP contribution in [0.25, 0.3) is 10.9 Å². The molecule has 1 aromatic carbocycles. The second-order valence-corrected chi connectivity index (χ2v) is 7.23. The van der Waals surface area contributed by atoms with Gasteiger partial charge in [0.05, 0.1) is 18.0 Å². The third-order valence-electron chi connectivity index (χ3n) is 4.95. The van der Waals surface area contributed by atoms with Crippen LogP contribution in [0, 0.1) is 40.5 Å². The Kier molecular flexibility index (Phi) is 4.85. The molecule has 0 saturated heterocycles. The van der Waals surface area contributed by atoms with Crippen molar-refractivity contribution in [3.63, 3.8) is 0 Å². The lowest BCUT2D eigenvalue weighted by molar-refractivity contribution is -0.125. The molecule has 0 aliphatic heterocycles. The number of carbonyl (C=O) groups is 1. The molecule has 26 heavy (non-hydrogen) atoms. The van der Waals surface area contributed by atoms with Crippen LogP contribution in [0.1, 0.15) is 41.0 Å². The molecule has 0 aliphatic carbocycles. The molecule has 6 nitrogen and oxygen atoms in total. The van der Waals surface area contributed by atoms with Crippen molar-refractivity contribution < 1.29 is 4.79 Å². The Morgan fingerprint density at radius 3 is 2.62 bits per heavy atom. The average Bonchev–Trinajstić information content (AvgIpc) is 3.04. The van der Waals surface area contributed by atoms with E-state index in [9.17, 15) is 4.79 Å². The first kappa shape index (κ1) is 18.2. The Hall–Kier alpha value is -2.63. The smallest absolute Gasteiger partial charge is 0.224 e. The number of nitrogens with zero attached hydrogens (tertiary/aromatic N) is 3. The maximum Gasteiger partial charge on any atom is 0.224 e. The fraction of sp³-hybridized carbons (Fsp3) is 0.450. The Bertz CT molecular complexity index is 966. The molecule has 1 amide bonds. The van der Waals surface area contributed by atoms with Crippen LogP contribution in [-0.2, 0) is 17.9 Å². The minimum absolute atomic E-state index is 0.0206. The van der Waals surface area contributed by atoms with E-state index in [2.05, 4.69) is 53.3 Å². The van der Waals surface area contributed by atoms with E-state index in [4.69, 9.17) is 0 Å². The van der Waals surface area contributed by atoms with Gasteiger partial charge in [-0.05, 0) is 51.8 Å². The third-order valence-corrected chi connectivity index (χ3v) is 4.95. The summed E-state index contributed by atoms with van der Waals surface area (Å²) in [5.41, 5.74) is 5.86. The summed E-state index contributed by atoms with van der Waals surface area (Å²) in [4.78, 5) is 20.3. The van der Waals surface area contributed by atoms with Crippen LogP contribution >= 0.6 is 0 Å². The lowest BCUT2D eigenvalue weighted by Crippen LogP contribution is -2.31. The predicted octanol–water partition coefficient (Wildman–Crippen LogP) is 3.25. The van der Waals surface area contributed by atoms with E-state index in [0.29, 0.717) is 13.1 Å². The van der Waals surface area contributed by atoms with E-state index in [-0.39, 0.29) is 11.8 Å². The predicted molar refractivity (Wildman–Crippen MR) is 103 cm³/mol. The van der Waals surface area contributed by atoms with Crippen molar-refractivity contribution in [3.8, 4) is 0 Å². The molecule has 2 heterocycles. The Morgan fingerprint density at radius 2 is 1.96 bits per heavy atom. The number of rotatable bonds is 5. The molecule has 3 aromatic rings. The molecule has 1 atom stereocenters. The second-order valence-electron chi connectivity index (χ2n) is 7.23. The topological polar surface area (TPSA) is 75.6 Å². The summed E-state index contributed by atoms with van der Waals surface area (Å²) in [5, 5.41) is 8.64. The summed E-state index contributed by atoms with van der Waals surface area (Å²) < 4.78 is 1.79. The zero-order chi connectivity index (χ0) is 19.0. The third kappa shape index (κ3) is 3.49. The van der Waals surface area contributed by atoms with Gasteiger partial charge in [-0.1, -0.05) is 18.6 Å². The van der Waals surface area contributed by atoms with Gasteiger partial charge in [-0.3, -0.25) is 4.79 Å². The van der Waals surface area contributed by atoms with E-state index >= 15 is 0 Å². The molecule has 0 saturated carbocycles. The number of aryl methyl sites for hydroxylation is 5. The van der Waals surface area contributed by atoms with Crippen LogP contribution in [0.3, 0.4) is 0 Å². The molecule has 0 fully saturated rings. The van der Waals surface area contributed by atoms with Crippen molar-refractivity contribution in [1.82, 2.24) is 25.1 Å².